The third-order valence-electron chi connectivity index (χ3n) is 1.43. The monoisotopic (exact) mass is 204 g/mol. The molecule has 13 heavy (non-hydrogen) atoms. The molecule has 0 saturated carbocycles. The highest BCUT2D eigenvalue weighted by Gasteiger charge is 1.85. The lowest BCUT2D eigenvalue weighted by molar-refractivity contribution is 0.381. The van der Waals surface area contributed by atoms with Gasteiger partial charge in [0.2, 0.25) is 0 Å². The van der Waals surface area contributed by atoms with Crippen LogP contribution in [0.25, 0.3) is 0 Å². The molecule has 0 aromatic heterocycles. The molecule has 0 atom stereocenters. The van der Waals surface area contributed by atoms with Crippen LogP contribution < -0.4 is 0 Å². The Labute approximate surface area is 77.8 Å². The predicted molar refractivity (Wildman–Crippen MR) is 50.1 cm³/mol. The number of benzene rings is 1. The molecule has 74 valence electrons. The van der Waals surface area contributed by atoms with E-state index in [-0.39, 0.29) is 0 Å². The maximum atomic E-state index is 8.74. The standard InChI is InChI=1S/C8H10.H2O4S/c1-7-5-3-4-6-8(7)2;1-5(2,3)4/h3-6H,1-2H3;(H2,1,2,3,4). The number of hydrogen-bond donors (Lipinski definition) is 2. The van der Waals surface area contributed by atoms with Gasteiger partial charge < -0.3 is 0 Å². The lowest BCUT2D eigenvalue weighted by atomic mass is 10.1. The van der Waals surface area contributed by atoms with Crippen molar-refractivity contribution in [2.75, 3.05) is 0 Å². The normalized spacial score (nSPS) is 10.2. The van der Waals surface area contributed by atoms with Gasteiger partial charge in [-0.05, 0) is 25.0 Å². The van der Waals surface area contributed by atoms with Gasteiger partial charge in [-0.15, -0.1) is 0 Å². The zero-order valence-corrected chi connectivity index (χ0v) is 8.25. The van der Waals surface area contributed by atoms with Gasteiger partial charge in [-0.3, -0.25) is 9.11 Å². The van der Waals surface area contributed by atoms with Crippen molar-refractivity contribution in [3.8, 4) is 0 Å². The van der Waals surface area contributed by atoms with Gasteiger partial charge in [0.15, 0.2) is 0 Å². The fourth-order valence-corrected chi connectivity index (χ4v) is 0.663. The first-order valence-electron chi connectivity index (χ1n) is 3.53. The van der Waals surface area contributed by atoms with Gasteiger partial charge in [0, 0.05) is 0 Å². The molecule has 1 aromatic carbocycles. The van der Waals surface area contributed by atoms with Crippen LogP contribution in [-0.2, 0) is 10.4 Å². The lowest BCUT2D eigenvalue weighted by Crippen LogP contribution is -1.89. The Morgan fingerprint density at radius 3 is 1.38 bits per heavy atom. The Bertz CT molecular complexity index is 327. The third kappa shape index (κ3) is 9.00. The van der Waals surface area contributed by atoms with E-state index in [1.807, 2.05) is 0 Å². The van der Waals surface area contributed by atoms with E-state index in [4.69, 9.17) is 17.5 Å². The van der Waals surface area contributed by atoms with E-state index in [0.29, 0.717) is 0 Å². The maximum absolute atomic E-state index is 8.74. The summed E-state index contributed by atoms with van der Waals surface area (Å²) in [4.78, 5) is 0. The first-order valence-corrected chi connectivity index (χ1v) is 4.92. The van der Waals surface area contributed by atoms with Crippen LogP contribution in [0, 0.1) is 13.8 Å². The fraction of sp³-hybridized carbons (Fsp3) is 0.250. The van der Waals surface area contributed by atoms with Crippen LogP contribution >= 0.6 is 0 Å². The second-order valence-corrected chi connectivity index (χ2v) is 3.43. The zero-order chi connectivity index (χ0) is 10.5. The lowest BCUT2D eigenvalue weighted by Gasteiger charge is -1.93. The second kappa shape index (κ2) is 4.96. The summed E-state index contributed by atoms with van der Waals surface area (Å²) in [6.45, 7) is 4.24. The van der Waals surface area contributed by atoms with Gasteiger partial charge in [0.25, 0.3) is 0 Å². The first kappa shape index (κ1) is 12.1. The van der Waals surface area contributed by atoms with Crippen LogP contribution in [0.2, 0.25) is 0 Å². The number of hydrogen-bond acceptors (Lipinski definition) is 2. The highest BCUT2D eigenvalue weighted by atomic mass is 32.3. The summed E-state index contributed by atoms with van der Waals surface area (Å²) in [5, 5.41) is 0. The highest BCUT2D eigenvalue weighted by Crippen LogP contribution is 2.02. The molecular weight excluding hydrogens is 192 g/mol. The third-order valence-corrected chi connectivity index (χ3v) is 1.43. The van der Waals surface area contributed by atoms with E-state index in [0.717, 1.165) is 0 Å². The molecule has 0 aliphatic carbocycles. The Kier molecular flexibility index (Phi) is 4.61. The van der Waals surface area contributed by atoms with Gasteiger partial charge in [-0.1, -0.05) is 24.3 Å². The summed E-state index contributed by atoms with van der Waals surface area (Å²) in [5.74, 6) is 0. The smallest absolute Gasteiger partial charge is 0.264 e. The largest absolute Gasteiger partial charge is 0.394 e. The molecule has 0 aliphatic rings. The van der Waals surface area contributed by atoms with Crippen LogP contribution in [0.1, 0.15) is 11.1 Å². The van der Waals surface area contributed by atoms with Crippen molar-refractivity contribution in [3.63, 3.8) is 0 Å². The van der Waals surface area contributed by atoms with Crippen LogP contribution in [0.5, 0.6) is 0 Å². The van der Waals surface area contributed by atoms with Gasteiger partial charge >= 0.3 is 10.4 Å². The van der Waals surface area contributed by atoms with Crippen LogP contribution in [0.4, 0.5) is 0 Å². The van der Waals surface area contributed by atoms with E-state index >= 15 is 0 Å². The summed E-state index contributed by atoms with van der Waals surface area (Å²) < 4.78 is 31.6. The topological polar surface area (TPSA) is 74.6 Å². The van der Waals surface area contributed by atoms with Crippen LogP contribution in [-0.4, -0.2) is 17.5 Å². The maximum Gasteiger partial charge on any atom is 0.394 e. The highest BCUT2D eigenvalue weighted by molar-refractivity contribution is 7.79. The molecule has 1 aromatic rings. The summed E-state index contributed by atoms with van der Waals surface area (Å²) in [7, 11) is -4.67. The van der Waals surface area contributed by atoms with E-state index in [9.17, 15) is 0 Å². The Balaban J connectivity index is 0.000000252. The summed E-state index contributed by atoms with van der Waals surface area (Å²) in [6.07, 6.45) is 0. The summed E-state index contributed by atoms with van der Waals surface area (Å²) >= 11 is 0. The molecule has 5 heteroatoms. The van der Waals surface area contributed by atoms with Crippen molar-refractivity contribution >= 4 is 10.4 Å². The minimum absolute atomic E-state index is 1.37. The molecule has 4 nitrogen and oxygen atoms in total. The molecule has 0 spiro atoms. The molecule has 0 amide bonds. The molecule has 0 aliphatic heterocycles. The average molecular weight is 204 g/mol. The Morgan fingerprint density at radius 2 is 1.23 bits per heavy atom. The van der Waals surface area contributed by atoms with Gasteiger partial charge in [-0.25, -0.2) is 0 Å². The van der Waals surface area contributed by atoms with Gasteiger partial charge in [0.1, 0.15) is 0 Å². The first-order chi connectivity index (χ1) is 5.80. The molecule has 0 heterocycles. The Hall–Kier alpha value is -0.910. The van der Waals surface area contributed by atoms with Crippen molar-refractivity contribution < 1.29 is 17.5 Å². The molecule has 0 saturated heterocycles. The van der Waals surface area contributed by atoms with E-state index < -0.39 is 10.4 Å². The van der Waals surface area contributed by atoms with Crippen molar-refractivity contribution in [1.82, 2.24) is 0 Å². The van der Waals surface area contributed by atoms with Crippen LogP contribution in [0.3, 0.4) is 0 Å². The van der Waals surface area contributed by atoms with Gasteiger partial charge in [-0.2, -0.15) is 8.42 Å². The molecular formula is C8H12O4S. The van der Waals surface area contributed by atoms with Crippen LogP contribution in [0.15, 0.2) is 24.3 Å². The SMILES string of the molecule is Cc1ccccc1C.O=S(=O)(O)O. The fourth-order valence-electron chi connectivity index (χ4n) is 0.663. The van der Waals surface area contributed by atoms with E-state index in [1.54, 1.807) is 0 Å². The minimum atomic E-state index is -4.67. The Morgan fingerprint density at radius 1 is 1.00 bits per heavy atom. The molecule has 0 radical (unpaired) electrons. The summed E-state index contributed by atoms with van der Waals surface area (Å²) in [5.41, 5.74) is 2.74. The molecule has 0 fully saturated rings. The quantitative estimate of drug-likeness (QED) is 0.630. The van der Waals surface area contributed by atoms with Crippen molar-refractivity contribution in [2.45, 2.75) is 13.8 Å². The molecule has 2 N–H and O–H groups in total. The summed E-state index contributed by atoms with van der Waals surface area (Å²) in [6, 6.07) is 8.36. The molecule has 0 unspecified atom stereocenters. The van der Waals surface area contributed by atoms with E-state index in [2.05, 4.69) is 38.1 Å². The predicted octanol–water partition coefficient (Wildman–Crippen LogP) is 1.65. The zero-order valence-electron chi connectivity index (χ0n) is 7.43. The molecule has 0 bridgehead atoms. The van der Waals surface area contributed by atoms with Crippen molar-refractivity contribution in [2.24, 2.45) is 0 Å². The number of aryl methyl sites for hydroxylation is 2. The van der Waals surface area contributed by atoms with Crippen molar-refractivity contribution in [3.05, 3.63) is 35.4 Å². The number of rotatable bonds is 0. The second-order valence-electron chi connectivity index (χ2n) is 2.53. The van der Waals surface area contributed by atoms with E-state index in [1.165, 1.54) is 11.1 Å². The van der Waals surface area contributed by atoms with Crippen molar-refractivity contribution in [1.29, 1.82) is 0 Å². The molecule has 1 rings (SSSR count). The average Bonchev–Trinajstić information content (AvgIpc) is 1.92. The van der Waals surface area contributed by atoms with Gasteiger partial charge in [0.05, 0.1) is 0 Å². The minimum Gasteiger partial charge on any atom is -0.264 e.